The van der Waals surface area contributed by atoms with E-state index in [2.05, 4.69) is 25.3 Å². The van der Waals surface area contributed by atoms with Gasteiger partial charge in [-0.3, -0.25) is 4.79 Å². The summed E-state index contributed by atoms with van der Waals surface area (Å²) >= 11 is 7.00. The Hall–Kier alpha value is -0.0900. The Morgan fingerprint density at radius 3 is 2.00 bits per heavy atom. The van der Waals surface area contributed by atoms with Crippen LogP contribution in [0.25, 0.3) is 0 Å². The second kappa shape index (κ2) is 2.98. The van der Waals surface area contributed by atoms with Gasteiger partial charge in [0.25, 0.3) is 0 Å². The largest absolute Gasteiger partial charge is 0.394 e. The molecule has 0 bridgehead atoms. The number of nitrogens with two attached hydrogens (primary N) is 1. The summed E-state index contributed by atoms with van der Waals surface area (Å²) in [5.74, 6) is 0. The third-order valence-electron chi connectivity index (χ3n) is 0.271. The SMILES string of the molecule is N/C(S)=C\C(=O)S. The Balaban J connectivity index is 3.68. The first-order valence-corrected chi connectivity index (χ1v) is 2.41. The van der Waals surface area contributed by atoms with E-state index in [1.54, 1.807) is 0 Å². The van der Waals surface area contributed by atoms with Crippen LogP contribution in [0, 0.1) is 0 Å². The van der Waals surface area contributed by atoms with Gasteiger partial charge in [-0.1, -0.05) is 0 Å². The number of hydrogen-bond acceptors (Lipinski definition) is 3. The van der Waals surface area contributed by atoms with E-state index in [9.17, 15) is 4.79 Å². The van der Waals surface area contributed by atoms with Gasteiger partial charge in [0.15, 0.2) is 0 Å². The van der Waals surface area contributed by atoms with Crippen molar-refractivity contribution >= 4 is 30.4 Å². The van der Waals surface area contributed by atoms with Crippen molar-refractivity contribution in [3.8, 4) is 0 Å². The molecule has 0 heterocycles. The summed E-state index contributed by atoms with van der Waals surface area (Å²) in [6.45, 7) is 0. The first-order chi connectivity index (χ1) is 3.13. The molecule has 4 heteroatoms. The highest BCUT2D eigenvalue weighted by Crippen LogP contribution is 1.90. The smallest absolute Gasteiger partial charge is 0.211 e. The molecule has 0 aliphatic rings. The van der Waals surface area contributed by atoms with Gasteiger partial charge >= 0.3 is 0 Å². The number of carbonyl (C=O) groups excluding carboxylic acids is 1. The van der Waals surface area contributed by atoms with Crippen molar-refractivity contribution in [3.05, 3.63) is 11.1 Å². The summed E-state index contributed by atoms with van der Waals surface area (Å²) < 4.78 is 0. The van der Waals surface area contributed by atoms with E-state index < -0.39 is 0 Å². The zero-order valence-electron chi connectivity index (χ0n) is 3.46. The maximum atomic E-state index is 9.91. The van der Waals surface area contributed by atoms with Crippen LogP contribution in [0.15, 0.2) is 11.1 Å². The highest BCUT2D eigenvalue weighted by Gasteiger charge is 1.83. The Kier molecular flexibility index (Phi) is 2.95. The lowest BCUT2D eigenvalue weighted by Gasteiger charge is -1.80. The molecule has 0 aliphatic carbocycles. The van der Waals surface area contributed by atoms with E-state index in [1.165, 1.54) is 0 Å². The Bertz CT molecular complexity index is 106. The zero-order valence-corrected chi connectivity index (χ0v) is 5.25. The van der Waals surface area contributed by atoms with Crippen LogP contribution < -0.4 is 5.73 Å². The van der Waals surface area contributed by atoms with Crippen LogP contribution in [0.1, 0.15) is 0 Å². The van der Waals surface area contributed by atoms with Gasteiger partial charge in [-0.15, -0.1) is 25.3 Å². The molecule has 0 unspecified atom stereocenters. The van der Waals surface area contributed by atoms with Crippen LogP contribution in [0.2, 0.25) is 0 Å². The highest BCUT2D eigenvalue weighted by molar-refractivity contribution is 7.97. The average Bonchev–Trinajstić information content (AvgIpc) is 1.27. The maximum absolute atomic E-state index is 9.91. The summed E-state index contributed by atoms with van der Waals surface area (Å²) in [5, 5.41) is -0.201. The summed E-state index contributed by atoms with van der Waals surface area (Å²) in [6, 6.07) is 0. The molecular weight excluding hydrogens is 130 g/mol. The minimum absolute atomic E-state index is 0.181. The van der Waals surface area contributed by atoms with Crippen molar-refractivity contribution in [2.75, 3.05) is 0 Å². The first kappa shape index (κ1) is 6.91. The molecule has 0 aromatic carbocycles. The van der Waals surface area contributed by atoms with Gasteiger partial charge in [-0.2, -0.15) is 0 Å². The van der Waals surface area contributed by atoms with Gasteiger partial charge in [-0.25, -0.2) is 0 Å². The van der Waals surface area contributed by atoms with Crippen molar-refractivity contribution in [3.63, 3.8) is 0 Å². The summed E-state index contributed by atoms with van der Waals surface area (Å²) in [4.78, 5) is 9.91. The lowest BCUT2D eigenvalue weighted by molar-refractivity contribution is -0.106. The van der Waals surface area contributed by atoms with Gasteiger partial charge in [0.2, 0.25) is 5.12 Å². The van der Waals surface area contributed by atoms with Crippen LogP contribution in [0.4, 0.5) is 0 Å². The van der Waals surface area contributed by atoms with Crippen molar-refractivity contribution in [2.45, 2.75) is 0 Å². The van der Waals surface area contributed by atoms with E-state index in [0.717, 1.165) is 6.08 Å². The molecule has 7 heavy (non-hydrogen) atoms. The summed E-state index contributed by atoms with van der Waals surface area (Å²) in [6.07, 6.45) is 1.12. The lowest BCUT2D eigenvalue weighted by Crippen LogP contribution is -1.89. The fraction of sp³-hybridized carbons (Fsp3) is 0. The molecular formula is C3H5NOS2. The van der Waals surface area contributed by atoms with Gasteiger partial charge in [-0.05, 0) is 0 Å². The second-order valence-electron chi connectivity index (χ2n) is 0.907. The molecule has 40 valence electrons. The molecule has 0 saturated carbocycles. The first-order valence-electron chi connectivity index (χ1n) is 1.52. The molecule has 0 amide bonds. The molecule has 0 saturated heterocycles. The lowest BCUT2D eigenvalue weighted by atomic mass is 10.7. The van der Waals surface area contributed by atoms with E-state index >= 15 is 0 Å². The predicted octanol–water partition coefficient (Wildman–Crippen LogP) is 0.173. The van der Waals surface area contributed by atoms with E-state index in [-0.39, 0.29) is 10.1 Å². The van der Waals surface area contributed by atoms with Crippen molar-refractivity contribution in [1.82, 2.24) is 0 Å². The fourth-order valence-electron chi connectivity index (χ4n) is 0.127. The molecule has 0 fully saturated rings. The van der Waals surface area contributed by atoms with Crippen LogP contribution in [0.5, 0.6) is 0 Å². The van der Waals surface area contributed by atoms with Crippen molar-refractivity contribution < 1.29 is 4.79 Å². The average molecular weight is 135 g/mol. The molecule has 0 aromatic heterocycles. The molecule has 0 atom stereocenters. The molecule has 2 N–H and O–H groups in total. The van der Waals surface area contributed by atoms with Gasteiger partial charge in [0.1, 0.15) is 0 Å². The van der Waals surface area contributed by atoms with Crippen molar-refractivity contribution in [1.29, 1.82) is 0 Å². The van der Waals surface area contributed by atoms with Crippen LogP contribution in [-0.2, 0) is 4.79 Å². The highest BCUT2D eigenvalue weighted by atomic mass is 32.1. The van der Waals surface area contributed by atoms with Crippen LogP contribution >= 0.6 is 25.3 Å². The summed E-state index contributed by atoms with van der Waals surface area (Å²) in [7, 11) is 0. The fourth-order valence-corrected chi connectivity index (χ4v) is 0.485. The Morgan fingerprint density at radius 1 is 1.57 bits per heavy atom. The molecule has 0 rings (SSSR count). The minimum Gasteiger partial charge on any atom is -0.394 e. The molecule has 2 nitrogen and oxygen atoms in total. The van der Waals surface area contributed by atoms with Crippen molar-refractivity contribution in [2.24, 2.45) is 5.73 Å². The number of rotatable bonds is 1. The third-order valence-corrected chi connectivity index (χ3v) is 0.530. The van der Waals surface area contributed by atoms with Crippen LogP contribution in [-0.4, -0.2) is 5.12 Å². The maximum Gasteiger partial charge on any atom is 0.211 e. The van der Waals surface area contributed by atoms with Crippen LogP contribution in [0.3, 0.4) is 0 Å². The minimum atomic E-state index is -0.382. The molecule has 0 aromatic rings. The quantitative estimate of drug-likeness (QED) is 0.354. The summed E-state index contributed by atoms with van der Waals surface area (Å²) in [5.41, 5.74) is 4.95. The van der Waals surface area contributed by atoms with E-state index in [4.69, 9.17) is 5.73 Å². The topological polar surface area (TPSA) is 43.1 Å². The molecule has 0 spiro atoms. The Morgan fingerprint density at radius 2 is 2.00 bits per heavy atom. The van der Waals surface area contributed by atoms with Gasteiger partial charge < -0.3 is 5.73 Å². The number of thiol groups is 2. The zero-order chi connectivity index (χ0) is 5.86. The Labute approximate surface area is 52.6 Å². The monoisotopic (exact) mass is 135 g/mol. The van der Waals surface area contributed by atoms with E-state index in [1.807, 2.05) is 0 Å². The normalized spacial score (nSPS) is 11.4. The van der Waals surface area contributed by atoms with Gasteiger partial charge in [0.05, 0.1) is 5.03 Å². The predicted molar refractivity (Wildman–Crippen MR) is 35.2 cm³/mol. The number of carbonyl (C=O) groups is 1. The van der Waals surface area contributed by atoms with Gasteiger partial charge in [0, 0.05) is 6.08 Å². The number of hydrogen-bond donors (Lipinski definition) is 3. The second-order valence-corrected chi connectivity index (χ2v) is 1.86. The third kappa shape index (κ3) is 5.91. The van der Waals surface area contributed by atoms with E-state index in [0.29, 0.717) is 0 Å². The standard InChI is InChI=1S/C3H5NOS2/c4-2(6)1-3(5)7/h1,6H,4H2,(H,5,7)/b2-1+. The molecule has 0 aliphatic heterocycles. The molecule has 0 radical (unpaired) electrons.